The zero-order valence-corrected chi connectivity index (χ0v) is 14.0. The Kier molecular flexibility index (Phi) is 100. The van der Waals surface area contributed by atoms with Gasteiger partial charge in [0.25, 0.3) is 0 Å². The molecule has 14 heavy (non-hydrogen) atoms. The van der Waals surface area contributed by atoms with E-state index in [1.807, 2.05) is 0 Å². The summed E-state index contributed by atoms with van der Waals surface area (Å²) in [5, 5.41) is 0. The van der Waals surface area contributed by atoms with Crippen molar-refractivity contribution in [3.8, 4) is 0 Å². The Labute approximate surface area is 118 Å². The third-order valence-electron chi connectivity index (χ3n) is 1.06. The molecule has 0 bridgehead atoms. The number of hydrogen-bond donors (Lipinski definition) is 0. The van der Waals surface area contributed by atoms with Crippen LogP contribution < -0.4 is 18.9 Å². The molecule has 0 aliphatic rings. The van der Waals surface area contributed by atoms with E-state index in [1.54, 1.807) is 0 Å². The van der Waals surface area contributed by atoms with Gasteiger partial charge in [0, 0.05) is 0 Å². The van der Waals surface area contributed by atoms with Crippen molar-refractivity contribution in [2.45, 2.75) is 59.3 Å². The molecule has 0 fully saturated rings. The van der Waals surface area contributed by atoms with Crippen LogP contribution in [-0.2, 0) is 19.5 Å². The van der Waals surface area contributed by atoms with E-state index in [1.165, 1.54) is 19.3 Å². The molecule has 0 spiro atoms. The predicted octanol–water partition coefficient (Wildman–Crippen LogP) is 1.86. The van der Waals surface area contributed by atoms with Gasteiger partial charge < -0.3 is 20.8 Å². The summed E-state index contributed by atoms with van der Waals surface area (Å²) in [6, 6.07) is 0. The minimum absolute atomic E-state index is 0. The van der Waals surface area contributed by atoms with Crippen LogP contribution in [0.25, 0.3) is 0 Å². The van der Waals surface area contributed by atoms with E-state index >= 15 is 0 Å². The van der Waals surface area contributed by atoms with Crippen molar-refractivity contribution >= 4 is 0 Å². The zero-order valence-electron chi connectivity index (χ0n) is 11.1. The van der Waals surface area contributed by atoms with Gasteiger partial charge in [-0.1, -0.05) is 40.0 Å². The summed E-state index contributed by atoms with van der Waals surface area (Å²) >= 11 is 0. The second-order valence-corrected chi connectivity index (χ2v) is 2.56. The first-order chi connectivity index (χ1) is 5.74. The maximum absolute atomic E-state index is 3.60. The molecular weight excluding hydrogens is 216 g/mol. The maximum Gasteiger partial charge on any atom is 2.00 e. The predicted molar refractivity (Wildman–Crippen MR) is 60.8 cm³/mol. The molecule has 0 radical (unpaired) electrons. The van der Waals surface area contributed by atoms with E-state index in [4.69, 9.17) is 0 Å². The molecule has 0 heterocycles. The minimum atomic E-state index is 0. The van der Waals surface area contributed by atoms with Gasteiger partial charge >= 0.3 is 38.3 Å². The number of unbranched alkanes of at least 4 members (excludes halogenated alkanes) is 3. The van der Waals surface area contributed by atoms with Gasteiger partial charge in [0.1, 0.15) is 0 Å². The van der Waals surface area contributed by atoms with Gasteiger partial charge in [0.2, 0.25) is 0 Å². The third-order valence-corrected chi connectivity index (χ3v) is 1.06. The fourth-order valence-electron chi connectivity index (χ4n) is 0. The molecule has 0 aromatic rings. The number of rotatable bonds is 3. The quantitative estimate of drug-likeness (QED) is 0.524. The Morgan fingerprint density at radius 3 is 0.714 bits per heavy atom. The molecule has 0 saturated carbocycles. The van der Waals surface area contributed by atoms with Gasteiger partial charge in [-0.3, -0.25) is 0 Å². The molecule has 0 aromatic heterocycles. The first-order valence-electron chi connectivity index (χ1n) is 5.12. The van der Waals surface area contributed by atoms with Crippen LogP contribution in [0.5, 0.6) is 0 Å². The molecule has 0 unspecified atom stereocenters. The SMILES string of the molecule is [CH2-]CCC.[CH2-]CCC.[CH2-]CCC.[Li+].[Zn+2]. The van der Waals surface area contributed by atoms with Gasteiger partial charge in [-0.05, 0) is 0 Å². The molecular formula is C12H27LiZn. The van der Waals surface area contributed by atoms with Crippen LogP contribution in [0.4, 0.5) is 0 Å². The summed E-state index contributed by atoms with van der Waals surface area (Å²) < 4.78 is 0. The van der Waals surface area contributed by atoms with Crippen molar-refractivity contribution in [3.05, 3.63) is 20.8 Å². The monoisotopic (exact) mass is 242 g/mol. The fourth-order valence-corrected chi connectivity index (χ4v) is 0. The van der Waals surface area contributed by atoms with Gasteiger partial charge in [-0.2, -0.15) is 19.3 Å². The van der Waals surface area contributed by atoms with E-state index < -0.39 is 0 Å². The second kappa shape index (κ2) is 47.7. The molecule has 0 nitrogen and oxygen atoms in total. The fraction of sp³-hybridized carbons (Fsp3) is 0.750. The maximum atomic E-state index is 3.60. The molecule has 0 saturated heterocycles. The van der Waals surface area contributed by atoms with Crippen molar-refractivity contribution < 1.29 is 38.3 Å². The van der Waals surface area contributed by atoms with E-state index in [2.05, 4.69) is 41.5 Å². The van der Waals surface area contributed by atoms with Crippen LogP contribution in [-0.4, -0.2) is 0 Å². The van der Waals surface area contributed by atoms with E-state index in [-0.39, 0.29) is 38.3 Å². The summed E-state index contributed by atoms with van der Waals surface area (Å²) in [7, 11) is 0. The summed E-state index contributed by atoms with van der Waals surface area (Å²) in [5.74, 6) is 0. The Morgan fingerprint density at radius 1 is 0.643 bits per heavy atom. The minimum Gasteiger partial charge on any atom is -0.343 e. The smallest absolute Gasteiger partial charge is 0.343 e. The molecule has 2 heteroatoms. The molecule has 78 valence electrons. The number of hydrogen-bond acceptors (Lipinski definition) is 0. The first kappa shape index (κ1) is 29.5. The summed E-state index contributed by atoms with van der Waals surface area (Å²) in [4.78, 5) is 0. The molecule has 0 aliphatic carbocycles. The van der Waals surface area contributed by atoms with Crippen molar-refractivity contribution in [1.82, 2.24) is 0 Å². The normalized spacial score (nSPS) is 6.43. The zero-order chi connectivity index (χ0) is 10.2. The van der Waals surface area contributed by atoms with Crippen molar-refractivity contribution in [1.29, 1.82) is 0 Å². The molecule has 0 aromatic carbocycles. The van der Waals surface area contributed by atoms with E-state index in [0.717, 1.165) is 19.3 Å². The summed E-state index contributed by atoms with van der Waals surface area (Å²) in [6.07, 6.45) is 6.83. The van der Waals surface area contributed by atoms with Gasteiger partial charge in [0.15, 0.2) is 0 Å². The molecule has 0 amide bonds. The molecule has 0 aliphatic heterocycles. The largest absolute Gasteiger partial charge is 2.00 e. The Morgan fingerprint density at radius 2 is 0.714 bits per heavy atom. The van der Waals surface area contributed by atoms with Crippen molar-refractivity contribution in [2.24, 2.45) is 0 Å². The Balaban J connectivity index is -0.0000000270. The van der Waals surface area contributed by atoms with Crippen LogP contribution >= 0.6 is 0 Å². The average molecular weight is 244 g/mol. The van der Waals surface area contributed by atoms with Crippen LogP contribution in [0.3, 0.4) is 0 Å². The molecule has 0 N–H and O–H groups in total. The average Bonchev–Trinajstić information content (AvgIpc) is 2.18. The second-order valence-electron chi connectivity index (χ2n) is 2.56. The van der Waals surface area contributed by atoms with Crippen molar-refractivity contribution in [3.63, 3.8) is 0 Å². The Bertz CT molecular complexity index is 25.8. The first-order valence-corrected chi connectivity index (χ1v) is 5.12. The molecule has 0 rings (SSSR count). The van der Waals surface area contributed by atoms with Crippen LogP contribution in [0.1, 0.15) is 59.3 Å². The van der Waals surface area contributed by atoms with Crippen LogP contribution in [0, 0.1) is 20.8 Å². The van der Waals surface area contributed by atoms with E-state index in [9.17, 15) is 0 Å². The van der Waals surface area contributed by atoms with E-state index in [0.29, 0.717) is 0 Å². The topological polar surface area (TPSA) is 0 Å². The van der Waals surface area contributed by atoms with Crippen LogP contribution in [0.15, 0.2) is 0 Å². The standard InChI is InChI=1S/3C4H9.Li.Zn/c3*1-3-4-2;;/h3*1,3-4H2,2H3;;/q3*-1;+1;+2. The summed E-state index contributed by atoms with van der Waals surface area (Å²) in [6.45, 7) is 17.2. The molecule has 0 atom stereocenters. The van der Waals surface area contributed by atoms with Crippen molar-refractivity contribution in [2.75, 3.05) is 0 Å². The summed E-state index contributed by atoms with van der Waals surface area (Å²) in [5.41, 5.74) is 0. The van der Waals surface area contributed by atoms with Gasteiger partial charge in [-0.25, -0.2) is 0 Å². The van der Waals surface area contributed by atoms with Gasteiger partial charge in [-0.15, -0.1) is 0 Å². The van der Waals surface area contributed by atoms with Crippen LogP contribution in [0.2, 0.25) is 0 Å². The van der Waals surface area contributed by atoms with Gasteiger partial charge in [0.05, 0.1) is 0 Å². The Hall–Kier alpha value is 1.22. The third kappa shape index (κ3) is 111.